The van der Waals surface area contributed by atoms with Gasteiger partial charge in [-0.25, -0.2) is 0 Å². The zero-order valence-corrected chi connectivity index (χ0v) is 12.3. The summed E-state index contributed by atoms with van der Waals surface area (Å²) in [6, 6.07) is 7.88. The lowest BCUT2D eigenvalue weighted by Gasteiger charge is -2.26. The molecule has 0 unspecified atom stereocenters. The van der Waals surface area contributed by atoms with E-state index in [-0.39, 0.29) is 0 Å². The molecule has 0 N–H and O–H groups in total. The number of hydrogen-bond donors (Lipinski definition) is 0. The van der Waals surface area contributed by atoms with E-state index in [1.807, 2.05) is 24.3 Å². The fraction of sp³-hybridized carbons (Fsp3) is 0.571. The van der Waals surface area contributed by atoms with Gasteiger partial charge in [-0.1, -0.05) is 52.5 Å². The van der Waals surface area contributed by atoms with E-state index in [9.17, 15) is 0 Å². The normalized spacial score (nSPS) is 18.5. The molecular weight excluding hydrogens is 300 g/mol. The molecule has 3 heteroatoms. The Kier molecular flexibility index (Phi) is 4.89. The standard InChI is InChI=1S/C14H18BrClO/c15-10-14(7-1-2-8-14)11-17-9-12-3-5-13(16)6-4-12/h3-6H,1-2,7-11H2. The number of benzene rings is 1. The van der Waals surface area contributed by atoms with Crippen LogP contribution in [0.1, 0.15) is 31.2 Å². The Morgan fingerprint density at radius 3 is 2.41 bits per heavy atom. The minimum Gasteiger partial charge on any atom is -0.376 e. The molecule has 0 saturated heterocycles. The SMILES string of the molecule is Clc1ccc(COCC2(CBr)CCCC2)cc1. The number of rotatable bonds is 5. The second kappa shape index (κ2) is 6.21. The van der Waals surface area contributed by atoms with Crippen molar-refractivity contribution < 1.29 is 4.74 Å². The van der Waals surface area contributed by atoms with Gasteiger partial charge in [-0.2, -0.15) is 0 Å². The van der Waals surface area contributed by atoms with Crippen molar-refractivity contribution in [2.24, 2.45) is 5.41 Å². The van der Waals surface area contributed by atoms with Gasteiger partial charge in [-0.05, 0) is 30.5 Å². The summed E-state index contributed by atoms with van der Waals surface area (Å²) in [6.45, 7) is 1.55. The van der Waals surface area contributed by atoms with Crippen LogP contribution in [0.2, 0.25) is 5.02 Å². The molecule has 94 valence electrons. The number of ether oxygens (including phenoxy) is 1. The summed E-state index contributed by atoms with van der Waals surface area (Å²) in [6.07, 6.45) is 5.27. The lowest BCUT2D eigenvalue weighted by molar-refractivity contribution is 0.0487. The zero-order valence-electron chi connectivity index (χ0n) is 9.92. The van der Waals surface area contributed by atoms with E-state index in [2.05, 4.69) is 15.9 Å². The first-order valence-corrected chi connectivity index (χ1v) is 7.62. The van der Waals surface area contributed by atoms with Crippen LogP contribution in [0.4, 0.5) is 0 Å². The third kappa shape index (κ3) is 3.70. The molecular formula is C14H18BrClO. The van der Waals surface area contributed by atoms with E-state index in [0.29, 0.717) is 12.0 Å². The maximum Gasteiger partial charge on any atom is 0.0717 e. The van der Waals surface area contributed by atoms with Crippen molar-refractivity contribution in [3.05, 3.63) is 34.9 Å². The summed E-state index contributed by atoms with van der Waals surface area (Å²) in [5, 5.41) is 1.84. The van der Waals surface area contributed by atoms with Crippen molar-refractivity contribution in [3.8, 4) is 0 Å². The van der Waals surface area contributed by atoms with Crippen LogP contribution in [-0.4, -0.2) is 11.9 Å². The summed E-state index contributed by atoms with van der Waals surface area (Å²) in [5.74, 6) is 0. The molecule has 1 fully saturated rings. The van der Waals surface area contributed by atoms with E-state index >= 15 is 0 Å². The monoisotopic (exact) mass is 316 g/mol. The summed E-state index contributed by atoms with van der Waals surface area (Å²) in [4.78, 5) is 0. The third-order valence-corrected chi connectivity index (χ3v) is 4.98. The highest BCUT2D eigenvalue weighted by Gasteiger charge is 2.32. The van der Waals surface area contributed by atoms with Gasteiger partial charge in [0.1, 0.15) is 0 Å². The van der Waals surface area contributed by atoms with Crippen LogP contribution >= 0.6 is 27.5 Å². The van der Waals surface area contributed by atoms with E-state index in [1.165, 1.54) is 31.2 Å². The van der Waals surface area contributed by atoms with Crippen LogP contribution in [0.5, 0.6) is 0 Å². The van der Waals surface area contributed by atoms with Gasteiger partial charge in [-0.3, -0.25) is 0 Å². The van der Waals surface area contributed by atoms with Crippen molar-refractivity contribution in [1.29, 1.82) is 0 Å². The molecule has 0 amide bonds. The minimum atomic E-state index is 0.381. The van der Waals surface area contributed by atoms with E-state index in [1.54, 1.807) is 0 Å². The summed E-state index contributed by atoms with van der Waals surface area (Å²) < 4.78 is 5.86. The molecule has 1 aliphatic carbocycles. The first kappa shape index (κ1) is 13.4. The van der Waals surface area contributed by atoms with Crippen LogP contribution in [0.25, 0.3) is 0 Å². The first-order valence-electron chi connectivity index (χ1n) is 6.12. The van der Waals surface area contributed by atoms with Crippen LogP contribution in [0.3, 0.4) is 0 Å². The predicted molar refractivity (Wildman–Crippen MR) is 75.8 cm³/mol. The van der Waals surface area contributed by atoms with Crippen molar-refractivity contribution in [2.45, 2.75) is 32.3 Å². The van der Waals surface area contributed by atoms with Crippen molar-refractivity contribution in [3.63, 3.8) is 0 Å². The van der Waals surface area contributed by atoms with Gasteiger partial charge in [0, 0.05) is 15.8 Å². The Labute approximate surface area is 117 Å². The molecule has 1 aromatic rings. The average molecular weight is 318 g/mol. The van der Waals surface area contributed by atoms with E-state index < -0.39 is 0 Å². The fourth-order valence-corrected chi connectivity index (χ4v) is 3.26. The average Bonchev–Trinajstić information content (AvgIpc) is 2.81. The van der Waals surface area contributed by atoms with Crippen molar-refractivity contribution >= 4 is 27.5 Å². The predicted octanol–water partition coefficient (Wildman–Crippen LogP) is 4.81. The molecule has 1 aromatic carbocycles. The molecule has 0 aliphatic heterocycles. The lowest BCUT2D eigenvalue weighted by atomic mass is 9.90. The highest BCUT2D eigenvalue weighted by molar-refractivity contribution is 9.09. The van der Waals surface area contributed by atoms with Crippen LogP contribution in [0.15, 0.2) is 24.3 Å². The molecule has 1 aliphatic rings. The smallest absolute Gasteiger partial charge is 0.0717 e. The Morgan fingerprint density at radius 2 is 1.82 bits per heavy atom. The van der Waals surface area contributed by atoms with Crippen LogP contribution < -0.4 is 0 Å². The molecule has 0 spiro atoms. The Morgan fingerprint density at radius 1 is 1.18 bits per heavy atom. The molecule has 0 radical (unpaired) electrons. The maximum atomic E-state index is 5.86. The molecule has 1 nitrogen and oxygen atoms in total. The molecule has 17 heavy (non-hydrogen) atoms. The van der Waals surface area contributed by atoms with E-state index in [4.69, 9.17) is 16.3 Å². The van der Waals surface area contributed by atoms with Crippen molar-refractivity contribution in [2.75, 3.05) is 11.9 Å². The molecule has 2 rings (SSSR count). The molecule has 0 heterocycles. The highest BCUT2D eigenvalue weighted by atomic mass is 79.9. The van der Waals surface area contributed by atoms with Gasteiger partial charge >= 0.3 is 0 Å². The Hall–Kier alpha value is -0.0500. The van der Waals surface area contributed by atoms with Crippen LogP contribution in [0, 0.1) is 5.41 Å². The Bertz CT molecular complexity index is 344. The fourth-order valence-electron chi connectivity index (χ4n) is 2.41. The molecule has 0 bridgehead atoms. The highest BCUT2D eigenvalue weighted by Crippen LogP contribution is 2.39. The zero-order chi connectivity index (χ0) is 12.1. The summed E-state index contributed by atoms with van der Waals surface area (Å²) in [5.41, 5.74) is 1.57. The number of alkyl halides is 1. The molecule has 0 aromatic heterocycles. The lowest BCUT2D eigenvalue weighted by Crippen LogP contribution is -2.25. The van der Waals surface area contributed by atoms with Gasteiger partial charge in [0.05, 0.1) is 13.2 Å². The minimum absolute atomic E-state index is 0.381. The second-order valence-corrected chi connectivity index (χ2v) is 5.96. The van der Waals surface area contributed by atoms with Gasteiger partial charge in [0.15, 0.2) is 0 Å². The van der Waals surface area contributed by atoms with Gasteiger partial charge in [0.2, 0.25) is 0 Å². The second-order valence-electron chi connectivity index (χ2n) is 4.96. The molecule has 1 saturated carbocycles. The molecule has 0 atom stereocenters. The summed E-state index contributed by atoms with van der Waals surface area (Å²) >= 11 is 9.48. The number of hydrogen-bond acceptors (Lipinski definition) is 1. The number of halogens is 2. The van der Waals surface area contributed by atoms with E-state index in [0.717, 1.165) is 17.0 Å². The van der Waals surface area contributed by atoms with Gasteiger partial charge in [-0.15, -0.1) is 0 Å². The first-order chi connectivity index (χ1) is 8.24. The Balaban J connectivity index is 1.80. The quantitative estimate of drug-likeness (QED) is 0.708. The van der Waals surface area contributed by atoms with Crippen molar-refractivity contribution in [1.82, 2.24) is 0 Å². The summed E-state index contributed by atoms with van der Waals surface area (Å²) in [7, 11) is 0. The van der Waals surface area contributed by atoms with Gasteiger partial charge < -0.3 is 4.74 Å². The third-order valence-electron chi connectivity index (χ3n) is 3.54. The maximum absolute atomic E-state index is 5.86. The van der Waals surface area contributed by atoms with Crippen LogP contribution in [-0.2, 0) is 11.3 Å². The largest absolute Gasteiger partial charge is 0.376 e. The van der Waals surface area contributed by atoms with Gasteiger partial charge in [0.25, 0.3) is 0 Å². The topological polar surface area (TPSA) is 9.23 Å².